The van der Waals surface area contributed by atoms with Gasteiger partial charge < -0.3 is 4.74 Å². The maximum atomic E-state index is 7.83. The van der Waals surface area contributed by atoms with Crippen LogP contribution in [0.25, 0.3) is 0 Å². The summed E-state index contributed by atoms with van der Waals surface area (Å²) in [4.78, 5) is 4.00. The van der Waals surface area contributed by atoms with Gasteiger partial charge >= 0.3 is 0 Å². The largest absolute Gasteiger partial charge is 0.381 e. The lowest BCUT2D eigenvalue weighted by atomic mass is 10.0. The lowest BCUT2D eigenvalue weighted by Crippen LogP contribution is -1.99. The van der Waals surface area contributed by atoms with Gasteiger partial charge in [0.2, 0.25) is 0 Å². The minimum absolute atomic E-state index is 0.0253. The van der Waals surface area contributed by atoms with E-state index in [9.17, 15) is 0 Å². The van der Waals surface area contributed by atoms with E-state index < -0.39 is 0 Å². The first-order chi connectivity index (χ1) is 7.11. The second-order valence-corrected chi connectivity index (χ2v) is 3.53. The van der Waals surface area contributed by atoms with Crippen LogP contribution in [0.1, 0.15) is 22.1 Å². The van der Waals surface area contributed by atoms with Crippen molar-refractivity contribution in [2.45, 2.75) is 12.3 Å². The Labute approximate surface area is 84.3 Å². The number of hydrogen-bond acceptors (Lipinski definition) is 2. The zero-order chi connectivity index (χ0) is 11.0. The number of ether oxygens (including phenoxy) is 1. The van der Waals surface area contributed by atoms with E-state index in [0.717, 1.165) is 6.42 Å². The first-order valence-electron chi connectivity index (χ1n) is 5.32. The number of pyridine rings is 1. The van der Waals surface area contributed by atoms with Crippen molar-refractivity contribution in [2.24, 2.45) is 0 Å². The number of rotatable bonds is 1. The number of hydrogen-bond donors (Lipinski definition) is 0. The summed E-state index contributed by atoms with van der Waals surface area (Å²) in [5.74, 6) is 0.0958. The molecule has 1 aromatic heterocycles. The first kappa shape index (κ1) is 5.35. The highest BCUT2D eigenvalue weighted by Crippen LogP contribution is 2.24. The molecular weight excluding hydrogens is 218 g/mol. The maximum Gasteiger partial charge on any atom is 0.0840 e. The summed E-state index contributed by atoms with van der Waals surface area (Å²) in [6.45, 7) is 1.24. The minimum atomic E-state index is -0.0835. The second kappa shape index (κ2) is 3.54. The van der Waals surface area contributed by atoms with Crippen molar-refractivity contribution in [2.75, 3.05) is 13.2 Å². The molecule has 3 heteroatoms. The van der Waals surface area contributed by atoms with Crippen LogP contribution in [0.4, 0.5) is 0 Å². The van der Waals surface area contributed by atoms with Gasteiger partial charge in [-0.25, -0.2) is 0 Å². The third kappa shape index (κ3) is 1.67. The van der Waals surface area contributed by atoms with Crippen molar-refractivity contribution in [1.82, 2.24) is 4.98 Å². The zero-order valence-corrected chi connectivity index (χ0v) is 8.02. The van der Waals surface area contributed by atoms with Crippen LogP contribution in [0, 0.1) is 0 Å². The van der Waals surface area contributed by atoms with Gasteiger partial charge in [0.1, 0.15) is 0 Å². The highest BCUT2D eigenvalue weighted by Gasteiger charge is 2.18. The maximum absolute atomic E-state index is 7.83. The van der Waals surface area contributed by atoms with E-state index in [4.69, 9.17) is 8.85 Å². The zero-order valence-electron chi connectivity index (χ0n) is 9.43. The molecule has 0 radical (unpaired) electrons. The molecule has 1 aliphatic heterocycles. The summed E-state index contributed by atoms with van der Waals surface area (Å²) in [5, 5.41) is 0. The molecule has 2 nitrogen and oxygen atoms in total. The van der Waals surface area contributed by atoms with Crippen LogP contribution >= 0.6 is 15.9 Å². The SMILES string of the molecule is [2H]c1nc(C2CCOC2)c([2H])c(Br)c1[2H]. The average molecular weight is 231 g/mol. The molecule has 0 spiro atoms. The molecule has 0 saturated carbocycles. The predicted molar refractivity (Wildman–Crippen MR) is 50.1 cm³/mol. The summed E-state index contributed by atoms with van der Waals surface area (Å²) < 4.78 is 28.4. The topological polar surface area (TPSA) is 22.1 Å². The molecule has 1 atom stereocenters. The summed E-state index contributed by atoms with van der Waals surface area (Å²) in [6.07, 6.45) is 0.752. The fourth-order valence-electron chi connectivity index (χ4n) is 1.25. The van der Waals surface area contributed by atoms with Crippen LogP contribution in [0.5, 0.6) is 0 Å². The third-order valence-electron chi connectivity index (χ3n) is 1.90. The molecule has 1 fully saturated rings. The monoisotopic (exact) mass is 230 g/mol. The lowest BCUT2D eigenvalue weighted by molar-refractivity contribution is 0.193. The summed E-state index contributed by atoms with van der Waals surface area (Å²) in [5.41, 5.74) is 0.570. The van der Waals surface area contributed by atoms with Crippen molar-refractivity contribution in [3.05, 3.63) is 28.4 Å². The molecule has 0 bridgehead atoms. The van der Waals surface area contributed by atoms with Crippen molar-refractivity contribution in [3.8, 4) is 0 Å². The van der Waals surface area contributed by atoms with Crippen molar-refractivity contribution < 1.29 is 8.85 Å². The van der Waals surface area contributed by atoms with Gasteiger partial charge in [-0.1, -0.05) is 15.9 Å². The van der Waals surface area contributed by atoms with Crippen molar-refractivity contribution in [3.63, 3.8) is 0 Å². The molecule has 1 saturated heterocycles. The van der Waals surface area contributed by atoms with E-state index >= 15 is 0 Å². The summed E-state index contributed by atoms with van der Waals surface area (Å²) in [7, 11) is 0. The van der Waals surface area contributed by atoms with Gasteiger partial charge in [-0.3, -0.25) is 4.98 Å². The van der Waals surface area contributed by atoms with E-state index in [1.165, 1.54) is 0 Å². The molecule has 1 aliphatic rings. The van der Waals surface area contributed by atoms with Gasteiger partial charge in [-0.15, -0.1) is 0 Å². The van der Waals surface area contributed by atoms with E-state index in [2.05, 4.69) is 20.9 Å². The predicted octanol–water partition coefficient (Wildman–Crippen LogP) is 2.35. The molecule has 0 N–H and O–H groups in total. The number of aromatic nitrogens is 1. The van der Waals surface area contributed by atoms with Crippen LogP contribution in [0.2, 0.25) is 0 Å². The third-order valence-corrected chi connectivity index (χ3v) is 2.29. The summed E-state index contributed by atoms with van der Waals surface area (Å²) in [6, 6.07) is 0.189. The normalized spacial score (nSPS) is 26.4. The fraction of sp³-hybridized carbons (Fsp3) is 0.444. The highest BCUT2D eigenvalue weighted by molar-refractivity contribution is 9.10. The smallest absolute Gasteiger partial charge is 0.0840 e. The molecule has 0 amide bonds. The lowest BCUT2D eigenvalue weighted by Gasteiger charge is -2.05. The Kier molecular flexibility index (Phi) is 1.58. The van der Waals surface area contributed by atoms with Gasteiger partial charge in [0.15, 0.2) is 0 Å². The quantitative estimate of drug-likeness (QED) is 0.740. The van der Waals surface area contributed by atoms with Crippen LogP contribution in [0.3, 0.4) is 0 Å². The summed E-state index contributed by atoms with van der Waals surface area (Å²) >= 11 is 3.15. The van der Waals surface area contributed by atoms with Crippen LogP contribution < -0.4 is 0 Å². The Morgan fingerprint density at radius 1 is 1.75 bits per heavy atom. The molecular formula is C9H10BrNO. The van der Waals surface area contributed by atoms with E-state index in [-0.39, 0.29) is 24.2 Å². The molecule has 12 heavy (non-hydrogen) atoms. The van der Waals surface area contributed by atoms with Crippen LogP contribution in [-0.2, 0) is 4.74 Å². The molecule has 0 aromatic carbocycles. The van der Waals surface area contributed by atoms with Gasteiger partial charge in [-0.05, 0) is 18.5 Å². The van der Waals surface area contributed by atoms with Gasteiger partial charge in [0, 0.05) is 28.9 Å². The van der Waals surface area contributed by atoms with Crippen molar-refractivity contribution >= 4 is 15.9 Å². The Balaban J connectivity index is 2.47. The first-order valence-corrected chi connectivity index (χ1v) is 4.61. The fourth-order valence-corrected chi connectivity index (χ4v) is 1.54. The number of nitrogens with zero attached hydrogens (tertiary/aromatic N) is 1. The van der Waals surface area contributed by atoms with Crippen LogP contribution in [0.15, 0.2) is 22.7 Å². The van der Waals surface area contributed by atoms with Gasteiger partial charge in [-0.2, -0.15) is 0 Å². The Hall–Kier alpha value is -0.410. The molecule has 2 rings (SSSR count). The standard InChI is InChI=1S/C9H10BrNO/c10-8-1-3-11-9(5-8)7-2-4-12-6-7/h1,3,5,7H,2,4,6H2/i1D,3D,5D. The number of halogens is 1. The van der Waals surface area contributed by atoms with E-state index in [1.807, 2.05) is 0 Å². The van der Waals surface area contributed by atoms with Gasteiger partial charge in [0.25, 0.3) is 0 Å². The van der Waals surface area contributed by atoms with Crippen LogP contribution in [-0.4, -0.2) is 18.2 Å². The molecule has 1 aromatic rings. The Bertz CT molecular complexity index is 393. The molecule has 1 unspecified atom stereocenters. The average Bonchev–Trinajstić information content (AvgIpc) is 2.73. The Morgan fingerprint density at radius 2 is 2.67 bits per heavy atom. The second-order valence-electron chi connectivity index (χ2n) is 2.73. The molecule has 2 heterocycles. The highest BCUT2D eigenvalue weighted by atomic mass is 79.9. The van der Waals surface area contributed by atoms with Crippen molar-refractivity contribution in [1.29, 1.82) is 0 Å². The minimum Gasteiger partial charge on any atom is -0.381 e. The van der Waals surface area contributed by atoms with E-state index in [1.54, 1.807) is 0 Å². The Morgan fingerprint density at radius 3 is 3.42 bits per heavy atom. The molecule has 0 aliphatic carbocycles. The van der Waals surface area contributed by atoms with E-state index in [0.29, 0.717) is 23.4 Å². The van der Waals surface area contributed by atoms with Gasteiger partial charge in [0.05, 0.1) is 10.7 Å². The molecule has 64 valence electrons.